The lowest BCUT2D eigenvalue weighted by molar-refractivity contribution is -0.116. The van der Waals surface area contributed by atoms with Crippen LogP contribution in [0.1, 0.15) is 31.8 Å². The molecule has 0 unspecified atom stereocenters. The second-order valence-electron chi connectivity index (χ2n) is 5.78. The molecule has 0 saturated heterocycles. The zero-order valence-electron chi connectivity index (χ0n) is 13.2. The summed E-state index contributed by atoms with van der Waals surface area (Å²) in [7, 11) is 0. The molecule has 0 radical (unpaired) electrons. The predicted octanol–water partition coefficient (Wildman–Crippen LogP) is 2.68. The maximum atomic E-state index is 13.8. The Balaban J connectivity index is 1.76. The SMILES string of the molecule is Cc1ccc(NC(=O)CN2C(=O)c3ccc(C)cc3C2=O)c(F)c1. The van der Waals surface area contributed by atoms with Gasteiger partial charge in [0.05, 0.1) is 16.8 Å². The second kappa shape index (κ2) is 5.88. The van der Waals surface area contributed by atoms with Crippen molar-refractivity contribution in [1.29, 1.82) is 0 Å². The highest BCUT2D eigenvalue weighted by Crippen LogP contribution is 2.24. The van der Waals surface area contributed by atoms with Crippen LogP contribution in [0.15, 0.2) is 36.4 Å². The van der Waals surface area contributed by atoms with Gasteiger partial charge in [0.25, 0.3) is 11.8 Å². The van der Waals surface area contributed by atoms with Gasteiger partial charge in [-0.2, -0.15) is 0 Å². The fraction of sp³-hybridized carbons (Fsp3) is 0.167. The Kier molecular flexibility index (Phi) is 3.89. The van der Waals surface area contributed by atoms with Gasteiger partial charge in [0.15, 0.2) is 0 Å². The van der Waals surface area contributed by atoms with E-state index >= 15 is 0 Å². The maximum absolute atomic E-state index is 13.8. The number of anilines is 1. The Morgan fingerprint density at radius 1 is 1.00 bits per heavy atom. The second-order valence-corrected chi connectivity index (χ2v) is 5.78. The van der Waals surface area contributed by atoms with Crippen molar-refractivity contribution in [3.63, 3.8) is 0 Å². The molecule has 1 N–H and O–H groups in total. The third-order valence-electron chi connectivity index (χ3n) is 3.83. The topological polar surface area (TPSA) is 66.5 Å². The summed E-state index contributed by atoms with van der Waals surface area (Å²) in [6.07, 6.45) is 0. The molecule has 0 fully saturated rings. The van der Waals surface area contributed by atoms with E-state index in [1.807, 2.05) is 6.92 Å². The molecule has 0 bridgehead atoms. The first-order chi connectivity index (χ1) is 11.4. The van der Waals surface area contributed by atoms with Crippen molar-refractivity contribution < 1.29 is 18.8 Å². The summed E-state index contributed by atoms with van der Waals surface area (Å²) in [6, 6.07) is 9.31. The third kappa shape index (κ3) is 2.78. The van der Waals surface area contributed by atoms with Crippen LogP contribution in [-0.2, 0) is 4.79 Å². The fourth-order valence-electron chi connectivity index (χ4n) is 2.60. The number of imide groups is 1. The lowest BCUT2D eigenvalue weighted by Crippen LogP contribution is -2.37. The van der Waals surface area contributed by atoms with Crippen molar-refractivity contribution in [3.05, 3.63) is 64.5 Å². The molecule has 5 nitrogen and oxygen atoms in total. The Morgan fingerprint density at radius 3 is 2.33 bits per heavy atom. The quantitative estimate of drug-likeness (QED) is 0.882. The van der Waals surface area contributed by atoms with Crippen molar-refractivity contribution in [1.82, 2.24) is 4.90 Å². The number of nitrogens with zero attached hydrogens (tertiary/aromatic N) is 1. The first-order valence-corrected chi connectivity index (χ1v) is 7.39. The van der Waals surface area contributed by atoms with E-state index in [0.717, 1.165) is 16.0 Å². The number of hydrogen-bond donors (Lipinski definition) is 1. The molecular formula is C18H15FN2O3. The summed E-state index contributed by atoms with van der Waals surface area (Å²) in [5, 5.41) is 2.38. The average molecular weight is 326 g/mol. The molecule has 0 aromatic heterocycles. The zero-order chi connectivity index (χ0) is 17.4. The van der Waals surface area contributed by atoms with Crippen LogP contribution in [0.4, 0.5) is 10.1 Å². The number of aryl methyl sites for hydroxylation is 2. The molecule has 3 rings (SSSR count). The van der Waals surface area contributed by atoms with Crippen LogP contribution in [0.25, 0.3) is 0 Å². The molecule has 1 heterocycles. The van der Waals surface area contributed by atoms with Crippen LogP contribution in [0, 0.1) is 19.7 Å². The standard InChI is InChI=1S/C18H15FN2O3/c1-10-3-5-12-13(7-10)18(24)21(17(12)23)9-16(22)20-15-6-4-11(2)8-14(15)19/h3-8H,9H2,1-2H3,(H,20,22). The van der Waals surface area contributed by atoms with Crippen LogP contribution in [0.2, 0.25) is 0 Å². The van der Waals surface area contributed by atoms with Crippen LogP contribution in [-0.4, -0.2) is 29.2 Å². The van der Waals surface area contributed by atoms with Crippen LogP contribution >= 0.6 is 0 Å². The van der Waals surface area contributed by atoms with E-state index in [-0.39, 0.29) is 16.8 Å². The number of nitrogens with one attached hydrogen (secondary N) is 1. The van der Waals surface area contributed by atoms with Gasteiger partial charge in [-0.15, -0.1) is 0 Å². The first kappa shape index (κ1) is 15.9. The average Bonchev–Trinajstić information content (AvgIpc) is 2.75. The van der Waals surface area contributed by atoms with Gasteiger partial charge >= 0.3 is 0 Å². The van der Waals surface area contributed by atoms with Gasteiger partial charge in [0.2, 0.25) is 5.91 Å². The number of amides is 3. The number of carbonyl (C=O) groups excluding carboxylic acids is 3. The summed E-state index contributed by atoms with van der Waals surface area (Å²) in [5.41, 5.74) is 2.15. The molecule has 2 aromatic rings. The van der Waals surface area contributed by atoms with Crippen molar-refractivity contribution >= 4 is 23.4 Å². The molecule has 3 amide bonds. The molecule has 2 aromatic carbocycles. The van der Waals surface area contributed by atoms with E-state index in [2.05, 4.69) is 5.32 Å². The highest BCUT2D eigenvalue weighted by atomic mass is 19.1. The molecule has 1 aliphatic heterocycles. The summed E-state index contributed by atoms with van der Waals surface area (Å²) in [4.78, 5) is 37.5. The minimum atomic E-state index is -0.635. The van der Waals surface area contributed by atoms with E-state index in [4.69, 9.17) is 0 Å². The molecule has 122 valence electrons. The first-order valence-electron chi connectivity index (χ1n) is 7.39. The van der Waals surface area contributed by atoms with Crippen LogP contribution < -0.4 is 5.32 Å². The van der Waals surface area contributed by atoms with Gasteiger partial charge in [-0.05, 0) is 43.7 Å². The summed E-state index contributed by atoms with van der Waals surface area (Å²) >= 11 is 0. The lowest BCUT2D eigenvalue weighted by Gasteiger charge is -2.14. The Bertz CT molecular complexity index is 877. The number of carbonyl (C=O) groups is 3. The van der Waals surface area contributed by atoms with Crippen molar-refractivity contribution in [2.24, 2.45) is 0 Å². The number of hydrogen-bond acceptors (Lipinski definition) is 3. The van der Waals surface area contributed by atoms with Gasteiger partial charge < -0.3 is 5.32 Å². The largest absolute Gasteiger partial charge is 0.322 e. The molecule has 0 aliphatic carbocycles. The van der Waals surface area contributed by atoms with E-state index in [9.17, 15) is 18.8 Å². The number of halogens is 1. The number of fused-ring (bicyclic) bond motifs is 1. The zero-order valence-corrected chi connectivity index (χ0v) is 13.2. The van der Waals surface area contributed by atoms with E-state index in [0.29, 0.717) is 0 Å². The highest BCUT2D eigenvalue weighted by molar-refractivity contribution is 6.22. The summed E-state index contributed by atoms with van der Waals surface area (Å²) in [6.45, 7) is 3.09. The maximum Gasteiger partial charge on any atom is 0.262 e. The Morgan fingerprint density at radius 2 is 1.62 bits per heavy atom. The monoisotopic (exact) mass is 326 g/mol. The van der Waals surface area contributed by atoms with Crippen LogP contribution in [0.5, 0.6) is 0 Å². The van der Waals surface area contributed by atoms with E-state index in [1.54, 1.807) is 31.2 Å². The minimum Gasteiger partial charge on any atom is -0.322 e. The minimum absolute atomic E-state index is 0.0121. The Labute approximate surface area is 138 Å². The molecular weight excluding hydrogens is 311 g/mol. The van der Waals surface area contributed by atoms with Gasteiger partial charge in [0, 0.05) is 0 Å². The molecule has 24 heavy (non-hydrogen) atoms. The normalized spacial score (nSPS) is 13.2. The molecule has 6 heteroatoms. The predicted molar refractivity (Wildman–Crippen MR) is 86.3 cm³/mol. The smallest absolute Gasteiger partial charge is 0.262 e. The number of benzene rings is 2. The molecule has 0 spiro atoms. The number of rotatable bonds is 3. The molecule has 0 atom stereocenters. The fourth-order valence-corrected chi connectivity index (χ4v) is 2.60. The van der Waals surface area contributed by atoms with Crippen LogP contribution in [0.3, 0.4) is 0 Å². The van der Waals surface area contributed by atoms with Crippen molar-refractivity contribution in [2.45, 2.75) is 13.8 Å². The Hall–Kier alpha value is -3.02. The van der Waals surface area contributed by atoms with Gasteiger partial charge in [-0.3, -0.25) is 19.3 Å². The lowest BCUT2D eigenvalue weighted by atomic mass is 10.1. The molecule has 0 saturated carbocycles. The summed E-state index contributed by atoms with van der Waals surface area (Å²) < 4.78 is 13.8. The summed E-state index contributed by atoms with van der Waals surface area (Å²) in [5.74, 6) is -2.24. The van der Waals surface area contributed by atoms with Crippen molar-refractivity contribution in [3.8, 4) is 0 Å². The molecule has 1 aliphatic rings. The van der Waals surface area contributed by atoms with Gasteiger partial charge in [-0.25, -0.2) is 4.39 Å². The third-order valence-corrected chi connectivity index (χ3v) is 3.83. The van der Waals surface area contributed by atoms with E-state index < -0.39 is 30.1 Å². The van der Waals surface area contributed by atoms with E-state index in [1.165, 1.54) is 12.1 Å². The van der Waals surface area contributed by atoms with Gasteiger partial charge in [0.1, 0.15) is 12.4 Å². The van der Waals surface area contributed by atoms with Gasteiger partial charge in [-0.1, -0.05) is 17.7 Å². The highest BCUT2D eigenvalue weighted by Gasteiger charge is 2.36. The van der Waals surface area contributed by atoms with Crippen molar-refractivity contribution in [2.75, 3.05) is 11.9 Å².